The van der Waals surface area contributed by atoms with Crippen LogP contribution in [0.2, 0.25) is 0 Å². The van der Waals surface area contributed by atoms with Gasteiger partial charge >= 0.3 is 75.5 Å². The zero-order chi connectivity index (χ0) is 3.58. The van der Waals surface area contributed by atoms with Crippen molar-refractivity contribution in [1.82, 2.24) is 0 Å². The van der Waals surface area contributed by atoms with Crippen molar-refractivity contribution in [1.29, 1.82) is 0 Å². The van der Waals surface area contributed by atoms with Gasteiger partial charge in [-0.2, -0.15) is 0 Å². The van der Waals surface area contributed by atoms with Crippen LogP contribution in [0.25, 0.3) is 0 Å². The van der Waals surface area contributed by atoms with Gasteiger partial charge in [0.1, 0.15) is 0 Å². The van der Waals surface area contributed by atoms with Crippen LogP contribution in [0.15, 0.2) is 0 Å². The topological polar surface area (TPSA) is 60.7 Å². The van der Waals surface area contributed by atoms with Crippen molar-refractivity contribution < 1.29 is 12.3 Å². The fourth-order valence-corrected chi connectivity index (χ4v) is 0. The Morgan fingerprint density at radius 1 is 1.00 bits per heavy atom. The van der Waals surface area contributed by atoms with Crippen LogP contribution in [0, 0.1) is 0 Å². The van der Waals surface area contributed by atoms with Crippen molar-refractivity contribution in [3.8, 4) is 0 Å². The summed E-state index contributed by atoms with van der Waals surface area (Å²) in [5, 5.41) is 0. The summed E-state index contributed by atoms with van der Waals surface area (Å²) in [5.74, 6) is 0. The second-order valence-corrected chi connectivity index (χ2v) is 1.39. The molecule has 0 heterocycles. The summed E-state index contributed by atoms with van der Waals surface area (Å²) in [6.07, 6.45) is 0. The third-order valence-corrected chi connectivity index (χ3v) is 0. The molecule has 0 aliphatic heterocycles. The molecule has 0 radical (unpaired) electrons. The van der Waals surface area contributed by atoms with Crippen LogP contribution in [-0.2, 0) is 0 Å². The summed E-state index contributed by atoms with van der Waals surface area (Å²) in [5.41, 5.74) is 0. The van der Waals surface area contributed by atoms with Gasteiger partial charge in [0.2, 0.25) is 0 Å². The first-order valence-corrected chi connectivity index (χ1v) is 3.12. The Morgan fingerprint density at radius 3 is 1.00 bits per heavy atom. The number of hydrogen-bond donors (Lipinski definition) is 3. The van der Waals surface area contributed by atoms with Crippen molar-refractivity contribution >= 4 is 63.2 Å². The normalized spacial score (nSPS) is 6.00. The predicted molar refractivity (Wildman–Crippen MR) is 29.5 cm³/mol. The van der Waals surface area contributed by atoms with Gasteiger partial charge in [-0.05, 0) is 0 Å². The molecule has 0 aromatic rings. The Balaban J connectivity index is -0.0000000450. The third-order valence-electron chi connectivity index (χ3n) is 0. The monoisotopic (exact) mass is 228 g/mol. The summed E-state index contributed by atoms with van der Waals surface area (Å²) in [6, 6.07) is 0. The molecule has 6 heteroatoms. The molecule has 0 rings (SSSR count). The van der Waals surface area contributed by atoms with E-state index in [1.807, 2.05) is 0 Å². The average Bonchev–Trinajstić information content (AvgIpc) is 0.811. The molecular weight excluding hydrogens is 221 g/mol. The second kappa shape index (κ2) is 10.1. The van der Waals surface area contributed by atoms with E-state index in [2.05, 4.69) is 0 Å². The van der Waals surface area contributed by atoms with E-state index in [-0.39, 0.29) is 47.5 Å². The summed E-state index contributed by atoms with van der Waals surface area (Å²) in [6.45, 7) is 0. The Hall–Kier alpha value is 2.00. The van der Waals surface area contributed by atoms with Gasteiger partial charge in [-0.15, -0.1) is 0 Å². The van der Waals surface area contributed by atoms with E-state index in [1.54, 1.807) is 0 Å². The quantitative estimate of drug-likeness (QED) is 0.371. The van der Waals surface area contributed by atoms with Crippen LogP contribution < -0.4 is 0 Å². The molecule has 0 saturated carbocycles. The Bertz CT molecular complexity index is 13.5. The molecule has 0 fully saturated rings. The number of rotatable bonds is 0. The summed E-state index contributed by atoms with van der Waals surface area (Å²) in [4.78, 5) is 0. The molecule has 1 unspecified atom stereocenters. The summed E-state index contributed by atoms with van der Waals surface area (Å²) >= 11 is -3.19. The van der Waals surface area contributed by atoms with Crippen molar-refractivity contribution in [2.24, 2.45) is 0 Å². The van der Waals surface area contributed by atoms with Crippen LogP contribution in [-0.4, -0.2) is 75.5 Å². The molecule has 6 heavy (non-hydrogen) atoms. The van der Waals surface area contributed by atoms with Crippen LogP contribution in [0.4, 0.5) is 0 Å². The van der Waals surface area contributed by atoms with Gasteiger partial charge in [-0.25, -0.2) is 0 Å². The van der Waals surface area contributed by atoms with E-state index >= 15 is 0 Å². The zero-order valence-corrected chi connectivity index (χ0v) is 7.34. The van der Waals surface area contributed by atoms with Crippen LogP contribution >= 0.6 is 0 Å². The first kappa shape index (κ1) is 15.7. The summed E-state index contributed by atoms with van der Waals surface area (Å²) in [7, 11) is 0. The van der Waals surface area contributed by atoms with Gasteiger partial charge in [0, 0.05) is 0 Å². The van der Waals surface area contributed by atoms with Gasteiger partial charge in [0.05, 0.1) is 0 Å². The van der Waals surface area contributed by atoms with Gasteiger partial charge < -0.3 is 0 Å². The average molecular weight is 228 g/mol. The molecule has 0 bridgehead atoms. The molecule has 3 N–H and O–H groups in total. The SMILES string of the molecule is O[As](O)O.[AsH3].[NaH]. The van der Waals surface area contributed by atoms with E-state index in [4.69, 9.17) is 12.3 Å². The predicted octanol–water partition coefficient (Wildman–Crippen LogP) is -3.88. The van der Waals surface area contributed by atoms with Crippen molar-refractivity contribution in [3.63, 3.8) is 0 Å². The number of hydrogen-bond acceptors (Lipinski definition) is 3. The third kappa shape index (κ3) is 37.6. The summed E-state index contributed by atoms with van der Waals surface area (Å²) < 4.78 is 21.9. The molecule has 0 aromatic heterocycles. The maximum atomic E-state index is 7.31. The van der Waals surface area contributed by atoms with Gasteiger partial charge in [0.15, 0.2) is 0 Å². The maximum absolute atomic E-state index is 7.31. The standard InChI is InChI=1S/AsH3O3.AsH3.Na.H/c2-1(3)4;;;/h2-4H;1H3;;. The second-order valence-electron chi connectivity index (χ2n) is 0.268. The van der Waals surface area contributed by atoms with E-state index in [0.29, 0.717) is 0 Å². The molecule has 3 nitrogen and oxygen atoms in total. The van der Waals surface area contributed by atoms with Crippen molar-refractivity contribution in [2.75, 3.05) is 0 Å². The van der Waals surface area contributed by atoms with Gasteiger partial charge in [-0.3, -0.25) is 0 Å². The van der Waals surface area contributed by atoms with E-state index in [9.17, 15) is 0 Å². The molecule has 0 aromatic carbocycles. The van der Waals surface area contributed by atoms with E-state index < -0.39 is 15.7 Å². The van der Waals surface area contributed by atoms with Crippen LogP contribution in [0.5, 0.6) is 0 Å². The fourth-order valence-electron chi connectivity index (χ4n) is 0. The molecule has 0 saturated heterocycles. The minimum atomic E-state index is -3.19. The molecule has 0 aliphatic rings. The van der Waals surface area contributed by atoms with Crippen LogP contribution in [0.3, 0.4) is 0 Å². The molecule has 1 atom stereocenters. The first-order valence-electron chi connectivity index (χ1n) is 0.600. The Morgan fingerprint density at radius 2 is 1.00 bits per heavy atom. The van der Waals surface area contributed by atoms with Gasteiger partial charge in [-0.1, -0.05) is 0 Å². The van der Waals surface area contributed by atoms with Crippen LogP contribution in [0.1, 0.15) is 0 Å². The molecule has 0 spiro atoms. The molecule has 36 valence electrons. The van der Waals surface area contributed by atoms with E-state index in [1.165, 1.54) is 0 Å². The fraction of sp³-hybridized carbons (Fsp3) is 0. The Kier molecular flexibility index (Phi) is 26.3. The molecule has 0 amide bonds. The zero-order valence-electron chi connectivity index (χ0n) is 2.50. The Labute approximate surface area is 74.7 Å². The van der Waals surface area contributed by atoms with E-state index in [0.717, 1.165) is 0 Å². The van der Waals surface area contributed by atoms with Crippen molar-refractivity contribution in [2.45, 2.75) is 0 Å². The minimum absolute atomic E-state index is 0. The first-order chi connectivity index (χ1) is 1.73. The van der Waals surface area contributed by atoms with Crippen molar-refractivity contribution in [3.05, 3.63) is 0 Å². The molecule has 0 aliphatic carbocycles. The molecular formula is H7As2NaO3. The van der Waals surface area contributed by atoms with Gasteiger partial charge in [0.25, 0.3) is 0 Å².